The molecule has 0 heterocycles. The molecular weight excluding hydrogens is 346 g/mol. The SMILES string of the molecule is O=C(N[C@H](Cc1ccccc1)C(=O)O)OCc1ccccc1.OCCl. The number of aliphatic carboxylic acids is 1. The van der Waals surface area contributed by atoms with Crippen molar-refractivity contribution in [2.24, 2.45) is 0 Å². The van der Waals surface area contributed by atoms with Crippen molar-refractivity contribution in [3.63, 3.8) is 0 Å². The summed E-state index contributed by atoms with van der Waals surface area (Å²) in [5, 5.41) is 18.9. The average Bonchev–Trinajstić information content (AvgIpc) is 2.62. The molecule has 25 heavy (non-hydrogen) atoms. The summed E-state index contributed by atoms with van der Waals surface area (Å²) >= 11 is 4.55. The molecule has 0 aliphatic carbocycles. The smallest absolute Gasteiger partial charge is 0.408 e. The van der Waals surface area contributed by atoms with Crippen LogP contribution in [0, 0.1) is 0 Å². The van der Waals surface area contributed by atoms with Gasteiger partial charge in [0.2, 0.25) is 0 Å². The molecule has 0 fully saturated rings. The number of carboxylic acid groups (broad SMARTS) is 1. The van der Waals surface area contributed by atoms with Gasteiger partial charge in [0, 0.05) is 6.42 Å². The fourth-order valence-electron chi connectivity index (χ4n) is 1.96. The van der Waals surface area contributed by atoms with Crippen LogP contribution in [-0.2, 0) is 22.6 Å². The lowest BCUT2D eigenvalue weighted by Gasteiger charge is -2.14. The molecule has 3 N–H and O–H groups in total. The Morgan fingerprint density at radius 3 is 1.96 bits per heavy atom. The zero-order chi connectivity index (χ0) is 18.5. The van der Waals surface area contributed by atoms with Crippen molar-refractivity contribution in [2.45, 2.75) is 19.1 Å². The van der Waals surface area contributed by atoms with E-state index in [0.717, 1.165) is 11.1 Å². The van der Waals surface area contributed by atoms with Crippen molar-refractivity contribution < 1.29 is 24.5 Å². The van der Waals surface area contributed by atoms with Gasteiger partial charge in [0.25, 0.3) is 0 Å². The van der Waals surface area contributed by atoms with E-state index < -0.39 is 18.1 Å². The fraction of sp³-hybridized carbons (Fsp3) is 0.222. The number of carboxylic acids is 1. The number of hydrogen-bond donors (Lipinski definition) is 3. The molecule has 0 radical (unpaired) electrons. The standard InChI is InChI=1S/C17H17NO4.CH3ClO/c19-16(20)15(11-13-7-3-1-4-8-13)18-17(21)22-12-14-9-5-2-6-10-14;2-1-3/h1-10,15H,11-12H2,(H,18,21)(H,19,20);3H,1H2/t15-;/m1./s1. The molecule has 0 aliphatic heterocycles. The Kier molecular flexibility index (Phi) is 9.74. The first kappa shape index (κ1) is 20.5. The Hall–Kier alpha value is -2.57. The van der Waals surface area contributed by atoms with Crippen LogP contribution >= 0.6 is 11.6 Å². The van der Waals surface area contributed by atoms with Gasteiger partial charge in [-0.15, -0.1) is 0 Å². The number of hydrogen-bond acceptors (Lipinski definition) is 4. The Labute approximate surface area is 151 Å². The van der Waals surface area contributed by atoms with Crippen molar-refractivity contribution >= 4 is 23.7 Å². The second-order valence-electron chi connectivity index (χ2n) is 4.91. The zero-order valence-corrected chi connectivity index (χ0v) is 14.2. The number of alkyl carbamates (subject to hydrolysis) is 1. The number of nitrogens with one attached hydrogen (secondary N) is 1. The molecule has 7 heteroatoms. The van der Waals surface area contributed by atoms with Gasteiger partial charge in [-0.25, -0.2) is 9.59 Å². The molecule has 0 spiro atoms. The molecule has 134 valence electrons. The van der Waals surface area contributed by atoms with Crippen LogP contribution < -0.4 is 5.32 Å². The number of ether oxygens (including phenoxy) is 1. The minimum atomic E-state index is -1.10. The number of alkyl halides is 1. The average molecular weight is 366 g/mol. The number of aliphatic hydroxyl groups excluding tert-OH is 1. The minimum absolute atomic E-state index is 0.102. The van der Waals surface area contributed by atoms with Crippen LogP contribution in [0.4, 0.5) is 4.79 Å². The van der Waals surface area contributed by atoms with Gasteiger partial charge in [-0.1, -0.05) is 72.3 Å². The van der Waals surface area contributed by atoms with Crippen molar-refractivity contribution in [3.05, 3.63) is 71.8 Å². The summed E-state index contributed by atoms with van der Waals surface area (Å²) in [4.78, 5) is 23.0. The molecule has 0 aliphatic rings. The van der Waals surface area contributed by atoms with Gasteiger partial charge in [0.1, 0.15) is 18.7 Å². The molecule has 1 amide bonds. The predicted molar refractivity (Wildman–Crippen MR) is 94.3 cm³/mol. The van der Waals surface area contributed by atoms with Crippen molar-refractivity contribution in [1.29, 1.82) is 0 Å². The van der Waals surface area contributed by atoms with Gasteiger partial charge in [-0.05, 0) is 11.1 Å². The van der Waals surface area contributed by atoms with Crippen LogP contribution in [0.5, 0.6) is 0 Å². The van der Waals surface area contributed by atoms with Gasteiger partial charge in [0.15, 0.2) is 0 Å². The third kappa shape index (κ3) is 8.74. The van der Waals surface area contributed by atoms with Crippen molar-refractivity contribution in [1.82, 2.24) is 5.32 Å². The summed E-state index contributed by atoms with van der Waals surface area (Å²) in [7, 11) is 0. The Morgan fingerprint density at radius 1 is 1.00 bits per heavy atom. The Balaban J connectivity index is 0.000000970. The van der Waals surface area contributed by atoms with E-state index in [9.17, 15) is 14.7 Å². The second-order valence-corrected chi connectivity index (χ2v) is 5.15. The highest BCUT2D eigenvalue weighted by atomic mass is 35.5. The van der Waals surface area contributed by atoms with E-state index in [-0.39, 0.29) is 19.1 Å². The summed E-state index contributed by atoms with van der Waals surface area (Å²) in [6, 6.07) is 17.0. The van der Waals surface area contributed by atoms with Crippen LogP contribution in [0.2, 0.25) is 0 Å². The summed E-state index contributed by atoms with van der Waals surface area (Å²) in [5.74, 6) is -1.10. The predicted octanol–water partition coefficient (Wildman–Crippen LogP) is 2.78. The minimum Gasteiger partial charge on any atom is -0.480 e. The number of benzene rings is 2. The van der Waals surface area contributed by atoms with Crippen LogP contribution in [0.3, 0.4) is 0 Å². The van der Waals surface area contributed by atoms with E-state index in [0.29, 0.717) is 0 Å². The lowest BCUT2D eigenvalue weighted by atomic mass is 10.1. The van der Waals surface area contributed by atoms with Crippen molar-refractivity contribution in [2.75, 3.05) is 6.07 Å². The van der Waals surface area contributed by atoms with Crippen LogP contribution in [-0.4, -0.2) is 34.4 Å². The lowest BCUT2D eigenvalue weighted by Crippen LogP contribution is -2.42. The molecule has 0 unspecified atom stereocenters. The van der Waals surface area contributed by atoms with Crippen LogP contribution in [0.1, 0.15) is 11.1 Å². The second kappa shape index (κ2) is 11.9. The molecule has 6 nitrogen and oxygen atoms in total. The number of halogens is 1. The maximum Gasteiger partial charge on any atom is 0.408 e. The maximum absolute atomic E-state index is 11.7. The highest BCUT2D eigenvalue weighted by Crippen LogP contribution is 2.05. The van der Waals surface area contributed by atoms with E-state index in [4.69, 9.17) is 9.84 Å². The summed E-state index contributed by atoms with van der Waals surface area (Å²) in [5.41, 5.74) is 1.67. The molecule has 0 saturated carbocycles. The third-order valence-electron chi connectivity index (χ3n) is 3.09. The van der Waals surface area contributed by atoms with Gasteiger partial charge in [-0.2, -0.15) is 0 Å². The number of aliphatic hydroxyl groups is 1. The van der Waals surface area contributed by atoms with E-state index >= 15 is 0 Å². The van der Waals surface area contributed by atoms with Gasteiger partial charge < -0.3 is 20.3 Å². The quantitative estimate of drug-likeness (QED) is 0.684. The zero-order valence-electron chi connectivity index (χ0n) is 13.5. The first-order chi connectivity index (χ1) is 12.1. The summed E-state index contributed by atoms with van der Waals surface area (Å²) in [6.45, 7) is 0.102. The topological polar surface area (TPSA) is 95.9 Å². The number of carbonyl (C=O) groups excluding carboxylic acids is 1. The first-order valence-corrected chi connectivity index (χ1v) is 8.01. The van der Waals surface area contributed by atoms with E-state index in [2.05, 4.69) is 16.9 Å². The monoisotopic (exact) mass is 365 g/mol. The number of carbonyl (C=O) groups is 2. The molecule has 2 aromatic carbocycles. The first-order valence-electron chi connectivity index (χ1n) is 7.47. The van der Waals surface area contributed by atoms with Gasteiger partial charge in [0.05, 0.1) is 0 Å². The van der Waals surface area contributed by atoms with E-state index in [1.54, 1.807) is 0 Å². The van der Waals surface area contributed by atoms with Gasteiger partial charge in [-0.3, -0.25) is 0 Å². The summed E-state index contributed by atoms with van der Waals surface area (Å²) < 4.78 is 5.03. The van der Waals surface area contributed by atoms with Crippen LogP contribution in [0.15, 0.2) is 60.7 Å². The summed E-state index contributed by atoms with van der Waals surface area (Å²) in [6.07, 6.45) is -0.538. The molecule has 2 aromatic rings. The van der Waals surface area contributed by atoms with Crippen LogP contribution in [0.25, 0.3) is 0 Å². The Morgan fingerprint density at radius 2 is 1.48 bits per heavy atom. The van der Waals surface area contributed by atoms with Crippen molar-refractivity contribution in [3.8, 4) is 0 Å². The van der Waals surface area contributed by atoms with Gasteiger partial charge >= 0.3 is 12.1 Å². The van der Waals surface area contributed by atoms with E-state index in [1.165, 1.54) is 0 Å². The molecule has 1 atom stereocenters. The van der Waals surface area contributed by atoms with E-state index in [1.807, 2.05) is 60.7 Å². The fourth-order valence-corrected chi connectivity index (χ4v) is 1.96. The largest absolute Gasteiger partial charge is 0.480 e. The molecule has 0 saturated heterocycles. The Bertz CT molecular complexity index is 636. The number of amides is 1. The normalized spacial score (nSPS) is 10.8. The highest BCUT2D eigenvalue weighted by molar-refractivity contribution is 6.16. The highest BCUT2D eigenvalue weighted by Gasteiger charge is 2.21. The molecule has 2 rings (SSSR count). The molecule has 0 bridgehead atoms. The molecule has 0 aromatic heterocycles. The maximum atomic E-state index is 11.7. The number of rotatable bonds is 6. The lowest BCUT2D eigenvalue weighted by molar-refractivity contribution is -0.139. The molecular formula is C18H20ClNO5. The third-order valence-corrected chi connectivity index (χ3v) is 3.09.